The van der Waals surface area contributed by atoms with E-state index in [1.807, 2.05) is 0 Å². The fourth-order valence-electron chi connectivity index (χ4n) is 3.24. The van der Waals surface area contributed by atoms with Crippen LogP contribution >= 0.6 is 0 Å². The molecule has 2 rings (SSSR count). The highest BCUT2D eigenvalue weighted by molar-refractivity contribution is 5.97. The van der Waals surface area contributed by atoms with Gasteiger partial charge in [-0.3, -0.25) is 14.4 Å². The van der Waals surface area contributed by atoms with Gasteiger partial charge in [-0.05, 0) is 37.8 Å². The molecule has 1 aromatic rings. The van der Waals surface area contributed by atoms with Crippen molar-refractivity contribution in [1.82, 2.24) is 0 Å². The van der Waals surface area contributed by atoms with Gasteiger partial charge in [-0.1, -0.05) is 44.2 Å². The summed E-state index contributed by atoms with van der Waals surface area (Å²) in [5, 5.41) is 2.63. The molecule has 25 heavy (non-hydrogen) atoms. The van der Waals surface area contributed by atoms with Crippen LogP contribution in [0.15, 0.2) is 24.3 Å². The summed E-state index contributed by atoms with van der Waals surface area (Å²) < 4.78 is 5.03. The lowest BCUT2D eigenvalue weighted by atomic mass is 9.86. The molecule has 0 unspecified atom stereocenters. The number of hydrogen-bond acceptors (Lipinski definition) is 4. The first kappa shape index (κ1) is 19.2. The number of ketones is 1. The molecule has 5 heteroatoms. The molecule has 1 aromatic carbocycles. The molecule has 0 bridgehead atoms. The zero-order valence-corrected chi connectivity index (χ0v) is 14.9. The Hall–Kier alpha value is -2.17. The topological polar surface area (TPSA) is 72.5 Å². The second-order valence-corrected chi connectivity index (χ2v) is 6.74. The second-order valence-electron chi connectivity index (χ2n) is 6.74. The van der Waals surface area contributed by atoms with Gasteiger partial charge >= 0.3 is 5.97 Å². The van der Waals surface area contributed by atoms with Crippen molar-refractivity contribution in [1.29, 1.82) is 0 Å². The maximum atomic E-state index is 11.8. The number of rotatable bonds is 8. The number of carbonyl (C=O) groups excluding carboxylic acids is 3. The molecule has 0 radical (unpaired) electrons. The minimum atomic E-state index is -0.402. The average Bonchev–Trinajstić information content (AvgIpc) is 2.61. The van der Waals surface area contributed by atoms with Gasteiger partial charge in [-0.25, -0.2) is 0 Å². The highest BCUT2D eigenvalue weighted by Crippen LogP contribution is 2.27. The number of benzene rings is 1. The van der Waals surface area contributed by atoms with Crippen molar-refractivity contribution in [2.45, 2.75) is 58.3 Å². The van der Waals surface area contributed by atoms with Crippen LogP contribution in [0.1, 0.15) is 68.6 Å². The number of hydrogen-bond donors (Lipinski definition) is 1. The second kappa shape index (κ2) is 9.97. The van der Waals surface area contributed by atoms with Crippen molar-refractivity contribution < 1.29 is 19.1 Å². The molecule has 136 valence electrons. The Kier molecular flexibility index (Phi) is 7.64. The van der Waals surface area contributed by atoms with Crippen LogP contribution in [0, 0.1) is 5.92 Å². The molecule has 0 aliphatic heterocycles. The van der Waals surface area contributed by atoms with Gasteiger partial charge in [0.25, 0.3) is 5.91 Å². The monoisotopic (exact) mass is 345 g/mol. The Morgan fingerprint density at radius 3 is 2.64 bits per heavy atom. The van der Waals surface area contributed by atoms with Gasteiger partial charge in [0.15, 0.2) is 12.4 Å². The predicted molar refractivity (Wildman–Crippen MR) is 96.5 cm³/mol. The molecule has 1 fully saturated rings. The third-order valence-corrected chi connectivity index (χ3v) is 4.64. The van der Waals surface area contributed by atoms with Gasteiger partial charge in [0, 0.05) is 17.7 Å². The van der Waals surface area contributed by atoms with E-state index in [-0.39, 0.29) is 18.4 Å². The van der Waals surface area contributed by atoms with E-state index in [2.05, 4.69) is 5.32 Å². The van der Waals surface area contributed by atoms with E-state index in [1.54, 1.807) is 24.3 Å². The van der Waals surface area contributed by atoms with Crippen LogP contribution in [-0.4, -0.2) is 24.3 Å². The molecule has 1 N–H and O–H groups in total. The van der Waals surface area contributed by atoms with Crippen LogP contribution in [0.4, 0.5) is 5.69 Å². The summed E-state index contributed by atoms with van der Waals surface area (Å²) in [5.41, 5.74) is 1.04. The minimum absolute atomic E-state index is 0.0690. The van der Waals surface area contributed by atoms with E-state index in [9.17, 15) is 14.4 Å². The number of ether oxygens (including phenoxy) is 1. The van der Waals surface area contributed by atoms with Crippen LogP contribution in [0.3, 0.4) is 0 Å². The van der Waals surface area contributed by atoms with Gasteiger partial charge in [0.2, 0.25) is 0 Å². The maximum Gasteiger partial charge on any atom is 0.306 e. The number of Topliss-reactive ketones (excluding diaryl/α,β-unsaturated/α-hetero) is 1. The zero-order valence-electron chi connectivity index (χ0n) is 14.9. The van der Waals surface area contributed by atoms with Crippen LogP contribution in [0.25, 0.3) is 0 Å². The predicted octanol–water partition coefficient (Wildman–Crippen LogP) is 4.12. The maximum absolute atomic E-state index is 11.8. The molecule has 0 saturated heterocycles. The van der Waals surface area contributed by atoms with Crippen molar-refractivity contribution in [3.63, 3.8) is 0 Å². The van der Waals surface area contributed by atoms with Crippen LogP contribution in [-0.2, 0) is 14.3 Å². The molecule has 5 nitrogen and oxygen atoms in total. The highest BCUT2D eigenvalue weighted by Gasteiger charge is 2.14. The van der Waals surface area contributed by atoms with E-state index in [0.717, 1.165) is 18.8 Å². The SMILES string of the molecule is CC(=O)c1cccc(NC(=O)COC(=O)CCCC2CCCCC2)c1. The van der Waals surface area contributed by atoms with E-state index in [4.69, 9.17) is 4.74 Å². The summed E-state index contributed by atoms with van der Waals surface area (Å²) in [6.07, 6.45) is 8.76. The Balaban J connectivity index is 1.64. The molecular formula is C20H27NO4. The highest BCUT2D eigenvalue weighted by atomic mass is 16.5. The Bertz CT molecular complexity index is 605. The molecular weight excluding hydrogens is 318 g/mol. The summed E-state index contributed by atoms with van der Waals surface area (Å²) >= 11 is 0. The molecule has 1 aliphatic rings. The third-order valence-electron chi connectivity index (χ3n) is 4.64. The number of esters is 1. The molecule has 1 saturated carbocycles. The third kappa shape index (κ3) is 7.08. The summed E-state index contributed by atoms with van der Waals surface area (Å²) in [6.45, 7) is 1.17. The van der Waals surface area contributed by atoms with Crippen LogP contribution in [0.2, 0.25) is 0 Å². The molecule has 0 spiro atoms. The van der Waals surface area contributed by atoms with Crippen molar-refractivity contribution >= 4 is 23.3 Å². The first-order valence-electron chi connectivity index (χ1n) is 9.11. The molecule has 0 aromatic heterocycles. The zero-order chi connectivity index (χ0) is 18.1. The summed E-state index contributed by atoms with van der Waals surface area (Å²) in [6, 6.07) is 6.68. The average molecular weight is 345 g/mol. The lowest BCUT2D eigenvalue weighted by Crippen LogP contribution is -2.21. The smallest absolute Gasteiger partial charge is 0.306 e. The Labute approximate surface area is 149 Å². The van der Waals surface area contributed by atoms with Crippen LogP contribution in [0.5, 0.6) is 0 Å². The molecule has 1 amide bonds. The Morgan fingerprint density at radius 2 is 1.92 bits per heavy atom. The minimum Gasteiger partial charge on any atom is -0.456 e. The normalized spacial score (nSPS) is 14.8. The fraction of sp³-hybridized carbons (Fsp3) is 0.550. The van der Waals surface area contributed by atoms with Gasteiger partial charge in [-0.2, -0.15) is 0 Å². The lowest BCUT2D eigenvalue weighted by molar-refractivity contribution is -0.147. The molecule has 1 aliphatic carbocycles. The van der Waals surface area contributed by atoms with Crippen molar-refractivity contribution in [3.05, 3.63) is 29.8 Å². The first-order valence-corrected chi connectivity index (χ1v) is 9.11. The summed E-state index contributed by atoms with van der Waals surface area (Å²) in [7, 11) is 0. The first-order chi connectivity index (χ1) is 12.0. The number of carbonyl (C=O) groups is 3. The molecule has 0 heterocycles. The van der Waals surface area contributed by atoms with Gasteiger partial charge in [0.05, 0.1) is 0 Å². The lowest BCUT2D eigenvalue weighted by Gasteiger charge is -2.20. The quantitative estimate of drug-likeness (QED) is 0.568. The van der Waals surface area contributed by atoms with E-state index >= 15 is 0 Å². The number of anilines is 1. The number of nitrogens with one attached hydrogen (secondary N) is 1. The fourth-order valence-corrected chi connectivity index (χ4v) is 3.24. The van der Waals surface area contributed by atoms with Gasteiger partial charge < -0.3 is 10.1 Å². The standard InChI is InChI=1S/C20H27NO4/c1-15(22)17-10-6-11-18(13-17)21-19(23)14-25-20(24)12-5-9-16-7-3-2-4-8-16/h6,10-11,13,16H,2-5,7-9,12,14H2,1H3,(H,21,23). The van der Waals surface area contributed by atoms with Crippen molar-refractivity contribution in [3.8, 4) is 0 Å². The van der Waals surface area contributed by atoms with E-state index in [1.165, 1.54) is 39.0 Å². The van der Waals surface area contributed by atoms with E-state index in [0.29, 0.717) is 17.7 Å². The Morgan fingerprint density at radius 1 is 1.16 bits per heavy atom. The largest absolute Gasteiger partial charge is 0.456 e. The van der Waals surface area contributed by atoms with Crippen molar-refractivity contribution in [2.24, 2.45) is 5.92 Å². The van der Waals surface area contributed by atoms with Gasteiger partial charge in [-0.15, -0.1) is 0 Å². The van der Waals surface area contributed by atoms with Gasteiger partial charge in [0.1, 0.15) is 0 Å². The summed E-state index contributed by atoms with van der Waals surface area (Å²) in [5.74, 6) is -0.0522. The van der Waals surface area contributed by atoms with Crippen LogP contribution < -0.4 is 5.32 Å². The molecule has 0 atom stereocenters. The summed E-state index contributed by atoms with van der Waals surface area (Å²) in [4.78, 5) is 34.9. The van der Waals surface area contributed by atoms with Crippen molar-refractivity contribution in [2.75, 3.05) is 11.9 Å². The number of amides is 1. The van der Waals surface area contributed by atoms with E-state index < -0.39 is 5.91 Å².